The summed E-state index contributed by atoms with van der Waals surface area (Å²) < 4.78 is 6.05. The molecule has 2 heterocycles. The molecule has 0 bridgehead atoms. The molecule has 0 amide bonds. The van der Waals surface area contributed by atoms with E-state index in [4.69, 9.17) is 4.74 Å². The summed E-state index contributed by atoms with van der Waals surface area (Å²) >= 11 is 0. The van der Waals surface area contributed by atoms with Gasteiger partial charge in [-0.3, -0.25) is 4.90 Å². The molecule has 1 unspecified atom stereocenters. The minimum Gasteiger partial charge on any atom is -0.488 e. The Hall–Kier alpha value is -1.06. The Morgan fingerprint density at radius 2 is 2.05 bits per heavy atom. The number of piperidine rings is 1. The third-order valence-corrected chi connectivity index (χ3v) is 4.69. The van der Waals surface area contributed by atoms with Crippen LogP contribution in [0.15, 0.2) is 24.3 Å². The lowest BCUT2D eigenvalue weighted by Gasteiger charge is -2.33. The fourth-order valence-electron chi connectivity index (χ4n) is 3.45. The summed E-state index contributed by atoms with van der Waals surface area (Å²) in [5, 5.41) is 3.26. The molecule has 1 atom stereocenters. The smallest absolute Gasteiger partial charge is 0.123 e. The van der Waals surface area contributed by atoms with Crippen LogP contribution in [0.5, 0.6) is 5.75 Å². The van der Waals surface area contributed by atoms with Gasteiger partial charge in [0.25, 0.3) is 0 Å². The molecule has 1 N–H and O–H groups in total. The maximum absolute atomic E-state index is 6.05. The number of rotatable bonds is 5. The standard InChI is InChI=1S/C17H26N2O/c1-18-9-6-14-7-10-19(11-8-14)13-16-12-15-4-2-3-5-17(15)20-16/h2-5,14,16,18H,6-13H2,1H3. The van der Waals surface area contributed by atoms with Crippen molar-refractivity contribution >= 4 is 0 Å². The minimum atomic E-state index is 0.362. The number of para-hydroxylation sites is 1. The highest BCUT2D eigenvalue weighted by atomic mass is 16.5. The molecule has 0 aliphatic carbocycles. The quantitative estimate of drug-likeness (QED) is 0.892. The van der Waals surface area contributed by atoms with Crippen LogP contribution < -0.4 is 10.1 Å². The van der Waals surface area contributed by atoms with Crippen molar-refractivity contribution in [3.05, 3.63) is 29.8 Å². The summed E-state index contributed by atoms with van der Waals surface area (Å²) in [4.78, 5) is 2.59. The number of benzene rings is 1. The first kappa shape index (κ1) is 13.9. The summed E-state index contributed by atoms with van der Waals surface area (Å²) in [5.74, 6) is 2.02. The van der Waals surface area contributed by atoms with Gasteiger partial charge in [0.05, 0.1) is 0 Å². The number of hydrogen-bond acceptors (Lipinski definition) is 3. The van der Waals surface area contributed by atoms with E-state index in [0.717, 1.165) is 31.2 Å². The predicted molar refractivity (Wildman–Crippen MR) is 82.3 cm³/mol. The van der Waals surface area contributed by atoms with Crippen LogP contribution in [0.1, 0.15) is 24.8 Å². The Morgan fingerprint density at radius 3 is 2.80 bits per heavy atom. The Balaban J connectivity index is 1.43. The maximum atomic E-state index is 6.05. The summed E-state index contributed by atoms with van der Waals surface area (Å²) in [5.41, 5.74) is 1.38. The SMILES string of the molecule is CNCCC1CCN(CC2Cc3ccccc3O2)CC1. The molecule has 110 valence electrons. The van der Waals surface area contributed by atoms with E-state index in [9.17, 15) is 0 Å². The fraction of sp³-hybridized carbons (Fsp3) is 0.647. The first-order valence-corrected chi connectivity index (χ1v) is 7.96. The molecule has 2 aliphatic rings. The molecular weight excluding hydrogens is 248 g/mol. The number of hydrogen-bond donors (Lipinski definition) is 1. The largest absolute Gasteiger partial charge is 0.488 e. The Bertz CT molecular complexity index is 402. The highest BCUT2D eigenvalue weighted by Gasteiger charge is 2.26. The first-order valence-electron chi connectivity index (χ1n) is 7.96. The summed E-state index contributed by atoms with van der Waals surface area (Å²) in [6, 6.07) is 8.46. The molecule has 0 aromatic heterocycles. The second-order valence-corrected chi connectivity index (χ2v) is 6.19. The van der Waals surface area contributed by atoms with Gasteiger partial charge in [0.15, 0.2) is 0 Å². The van der Waals surface area contributed by atoms with Crippen molar-refractivity contribution in [2.45, 2.75) is 31.8 Å². The van der Waals surface area contributed by atoms with Crippen molar-refractivity contribution < 1.29 is 4.74 Å². The molecular formula is C17H26N2O. The third kappa shape index (κ3) is 3.33. The van der Waals surface area contributed by atoms with E-state index in [1.807, 2.05) is 7.05 Å². The van der Waals surface area contributed by atoms with Crippen LogP contribution in [0.2, 0.25) is 0 Å². The van der Waals surface area contributed by atoms with E-state index in [1.165, 1.54) is 37.9 Å². The van der Waals surface area contributed by atoms with Gasteiger partial charge in [-0.15, -0.1) is 0 Å². The number of nitrogens with zero attached hydrogens (tertiary/aromatic N) is 1. The van der Waals surface area contributed by atoms with E-state index in [2.05, 4.69) is 34.5 Å². The zero-order valence-electron chi connectivity index (χ0n) is 12.5. The normalized spacial score (nSPS) is 23.6. The number of likely N-dealkylation sites (tertiary alicyclic amines) is 1. The minimum absolute atomic E-state index is 0.362. The van der Waals surface area contributed by atoms with Crippen LogP contribution in [0.3, 0.4) is 0 Å². The number of ether oxygens (including phenoxy) is 1. The molecule has 0 spiro atoms. The van der Waals surface area contributed by atoms with Crippen molar-refractivity contribution in [3.8, 4) is 5.75 Å². The molecule has 0 radical (unpaired) electrons. The van der Waals surface area contributed by atoms with E-state index in [1.54, 1.807) is 0 Å². The zero-order chi connectivity index (χ0) is 13.8. The van der Waals surface area contributed by atoms with Crippen LogP contribution in [-0.2, 0) is 6.42 Å². The Labute approximate surface area is 122 Å². The van der Waals surface area contributed by atoms with Crippen molar-refractivity contribution in [3.63, 3.8) is 0 Å². The Kier molecular flexibility index (Phi) is 4.58. The van der Waals surface area contributed by atoms with Gasteiger partial charge in [0.1, 0.15) is 11.9 Å². The molecule has 3 nitrogen and oxygen atoms in total. The van der Waals surface area contributed by atoms with Gasteiger partial charge in [0.2, 0.25) is 0 Å². The lowest BCUT2D eigenvalue weighted by Crippen LogP contribution is -2.40. The highest BCUT2D eigenvalue weighted by Crippen LogP contribution is 2.29. The van der Waals surface area contributed by atoms with Crippen LogP contribution >= 0.6 is 0 Å². The van der Waals surface area contributed by atoms with Crippen molar-refractivity contribution in [2.24, 2.45) is 5.92 Å². The summed E-state index contributed by atoms with van der Waals surface area (Å²) in [6.45, 7) is 4.73. The number of nitrogens with one attached hydrogen (secondary N) is 1. The Morgan fingerprint density at radius 1 is 1.25 bits per heavy atom. The van der Waals surface area contributed by atoms with Gasteiger partial charge in [-0.25, -0.2) is 0 Å². The molecule has 1 aromatic carbocycles. The molecule has 3 heteroatoms. The van der Waals surface area contributed by atoms with E-state index < -0.39 is 0 Å². The zero-order valence-corrected chi connectivity index (χ0v) is 12.5. The van der Waals surface area contributed by atoms with E-state index in [-0.39, 0.29) is 0 Å². The predicted octanol–water partition coefficient (Wildman–Crippen LogP) is 2.31. The van der Waals surface area contributed by atoms with Gasteiger partial charge in [-0.1, -0.05) is 18.2 Å². The van der Waals surface area contributed by atoms with Gasteiger partial charge in [0, 0.05) is 13.0 Å². The van der Waals surface area contributed by atoms with Gasteiger partial charge < -0.3 is 10.1 Å². The van der Waals surface area contributed by atoms with Crippen LogP contribution in [0.4, 0.5) is 0 Å². The monoisotopic (exact) mass is 274 g/mol. The van der Waals surface area contributed by atoms with Crippen LogP contribution in [-0.4, -0.2) is 44.2 Å². The molecule has 2 aliphatic heterocycles. The molecule has 1 aromatic rings. The lowest BCUT2D eigenvalue weighted by molar-refractivity contribution is 0.115. The molecule has 1 fully saturated rings. The first-order chi connectivity index (χ1) is 9.85. The molecule has 3 rings (SSSR count). The van der Waals surface area contributed by atoms with Crippen LogP contribution in [0.25, 0.3) is 0 Å². The summed E-state index contributed by atoms with van der Waals surface area (Å²) in [7, 11) is 2.05. The fourth-order valence-corrected chi connectivity index (χ4v) is 3.45. The second kappa shape index (κ2) is 6.59. The van der Waals surface area contributed by atoms with Gasteiger partial charge in [-0.2, -0.15) is 0 Å². The second-order valence-electron chi connectivity index (χ2n) is 6.19. The average Bonchev–Trinajstić information content (AvgIpc) is 2.89. The molecule has 0 saturated carbocycles. The van der Waals surface area contributed by atoms with Crippen molar-refractivity contribution in [1.29, 1.82) is 0 Å². The topological polar surface area (TPSA) is 24.5 Å². The van der Waals surface area contributed by atoms with Crippen LogP contribution in [0, 0.1) is 5.92 Å². The van der Waals surface area contributed by atoms with E-state index >= 15 is 0 Å². The highest BCUT2D eigenvalue weighted by molar-refractivity contribution is 5.37. The molecule has 1 saturated heterocycles. The molecule has 20 heavy (non-hydrogen) atoms. The third-order valence-electron chi connectivity index (χ3n) is 4.69. The summed E-state index contributed by atoms with van der Waals surface area (Å²) in [6.07, 6.45) is 5.47. The number of fused-ring (bicyclic) bond motifs is 1. The maximum Gasteiger partial charge on any atom is 0.123 e. The average molecular weight is 274 g/mol. The van der Waals surface area contributed by atoms with E-state index in [0.29, 0.717) is 6.10 Å². The van der Waals surface area contributed by atoms with Crippen molar-refractivity contribution in [1.82, 2.24) is 10.2 Å². The van der Waals surface area contributed by atoms with Crippen molar-refractivity contribution in [2.75, 3.05) is 33.2 Å². The lowest BCUT2D eigenvalue weighted by atomic mass is 9.93. The van der Waals surface area contributed by atoms with Gasteiger partial charge >= 0.3 is 0 Å². The van der Waals surface area contributed by atoms with Gasteiger partial charge in [-0.05, 0) is 63.5 Å².